The molecule has 2 aromatic rings. The minimum atomic E-state index is -0.0340. The Hall–Kier alpha value is -2.10. The molecule has 2 rings (SSSR count). The van der Waals surface area contributed by atoms with Crippen molar-refractivity contribution in [1.82, 2.24) is 14.9 Å². The highest BCUT2D eigenvalue weighted by molar-refractivity contribution is 5.94. The Kier molecular flexibility index (Phi) is 4.46. The molecule has 4 nitrogen and oxygen atoms in total. The van der Waals surface area contributed by atoms with Gasteiger partial charge in [-0.2, -0.15) is 0 Å². The average Bonchev–Trinajstić information content (AvgIpc) is 2.83. The van der Waals surface area contributed by atoms with E-state index in [0.717, 1.165) is 12.4 Å². The van der Waals surface area contributed by atoms with E-state index in [0.29, 0.717) is 12.1 Å². The second-order valence-electron chi connectivity index (χ2n) is 6.25. The highest BCUT2D eigenvalue weighted by atomic mass is 16.1. The Bertz CT molecular complexity index is 606. The van der Waals surface area contributed by atoms with Crippen LogP contribution in [0.3, 0.4) is 0 Å². The molecule has 1 heterocycles. The molecule has 0 atom stereocenters. The van der Waals surface area contributed by atoms with Gasteiger partial charge >= 0.3 is 0 Å². The SMILES string of the molecule is Cc1nccn1CCNC(=O)c1ccc(C(C)(C)C)cc1. The second-order valence-corrected chi connectivity index (χ2v) is 6.25. The molecule has 1 aromatic heterocycles. The lowest BCUT2D eigenvalue weighted by molar-refractivity contribution is 0.0952. The molecule has 112 valence electrons. The summed E-state index contributed by atoms with van der Waals surface area (Å²) >= 11 is 0. The standard InChI is InChI=1S/C17H23N3O/c1-13-18-9-11-20(13)12-10-19-16(21)14-5-7-15(8-6-14)17(2,3)4/h5-9,11H,10,12H2,1-4H3,(H,19,21). The maximum absolute atomic E-state index is 12.1. The monoisotopic (exact) mass is 285 g/mol. The minimum absolute atomic E-state index is 0.0340. The van der Waals surface area contributed by atoms with Crippen molar-refractivity contribution < 1.29 is 4.79 Å². The molecule has 0 unspecified atom stereocenters. The van der Waals surface area contributed by atoms with Crippen molar-refractivity contribution >= 4 is 5.91 Å². The van der Waals surface area contributed by atoms with Crippen molar-refractivity contribution in [3.8, 4) is 0 Å². The molecule has 0 saturated heterocycles. The van der Waals surface area contributed by atoms with Crippen LogP contribution < -0.4 is 5.32 Å². The fourth-order valence-electron chi connectivity index (χ4n) is 2.15. The van der Waals surface area contributed by atoms with E-state index in [1.54, 1.807) is 6.20 Å². The number of nitrogens with one attached hydrogen (secondary N) is 1. The van der Waals surface area contributed by atoms with Crippen molar-refractivity contribution in [3.05, 3.63) is 53.6 Å². The van der Waals surface area contributed by atoms with Crippen molar-refractivity contribution in [2.75, 3.05) is 6.54 Å². The van der Waals surface area contributed by atoms with E-state index in [1.807, 2.05) is 42.0 Å². The lowest BCUT2D eigenvalue weighted by Crippen LogP contribution is -2.27. The van der Waals surface area contributed by atoms with Crippen LogP contribution in [-0.2, 0) is 12.0 Å². The Morgan fingerprint density at radius 1 is 1.24 bits per heavy atom. The number of hydrogen-bond acceptors (Lipinski definition) is 2. The summed E-state index contributed by atoms with van der Waals surface area (Å²) in [6.45, 7) is 9.77. The van der Waals surface area contributed by atoms with Gasteiger partial charge in [-0.1, -0.05) is 32.9 Å². The molecule has 4 heteroatoms. The van der Waals surface area contributed by atoms with Gasteiger partial charge in [0.2, 0.25) is 0 Å². The van der Waals surface area contributed by atoms with E-state index in [1.165, 1.54) is 5.56 Å². The van der Waals surface area contributed by atoms with Gasteiger partial charge in [-0.15, -0.1) is 0 Å². The smallest absolute Gasteiger partial charge is 0.251 e. The van der Waals surface area contributed by atoms with Gasteiger partial charge in [-0.25, -0.2) is 4.98 Å². The fraction of sp³-hybridized carbons (Fsp3) is 0.412. The zero-order chi connectivity index (χ0) is 15.5. The summed E-state index contributed by atoms with van der Waals surface area (Å²) in [6, 6.07) is 7.82. The van der Waals surface area contributed by atoms with Gasteiger partial charge in [0, 0.05) is 31.0 Å². The normalized spacial score (nSPS) is 11.4. The highest BCUT2D eigenvalue weighted by Gasteiger charge is 2.14. The summed E-state index contributed by atoms with van der Waals surface area (Å²) in [6.07, 6.45) is 3.68. The number of amides is 1. The maximum atomic E-state index is 12.1. The topological polar surface area (TPSA) is 46.9 Å². The predicted octanol–water partition coefficient (Wildman–Crippen LogP) is 2.92. The first-order chi connectivity index (χ1) is 9.88. The number of aryl methyl sites for hydroxylation is 1. The summed E-state index contributed by atoms with van der Waals surface area (Å²) in [7, 11) is 0. The number of hydrogen-bond donors (Lipinski definition) is 1. The van der Waals surface area contributed by atoms with Crippen LogP contribution in [0, 0.1) is 6.92 Å². The predicted molar refractivity (Wildman–Crippen MR) is 84.4 cm³/mol. The molecule has 0 aliphatic rings. The number of nitrogens with zero attached hydrogens (tertiary/aromatic N) is 2. The third kappa shape index (κ3) is 3.94. The van der Waals surface area contributed by atoms with Crippen LogP contribution in [-0.4, -0.2) is 22.0 Å². The van der Waals surface area contributed by atoms with E-state index >= 15 is 0 Å². The van der Waals surface area contributed by atoms with Crippen LogP contribution in [0.4, 0.5) is 0 Å². The van der Waals surface area contributed by atoms with Crippen molar-refractivity contribution in [3.63, 3.8) is 0 Å². The molecule has 0 bridgehead atoms. The van der Waals surface area contributed by atoms with Crippen molar-refractivity contribution in [2.45, 2.75) is 39.7 Å². The molecule has 1 N–H and O–H groups in total. The van der Waals surface area contributed by atoms with Gasteiger partial charge in [0.15, 0.2) is 0 Å². The lowest BCUT2D eigenvalue weighted by Gasteiger charge is -2.19. The summed E-state index contributed by atoms with van der Waals surface area (Å²) in [4.78, 5) is 16.2. The van der Waals surface area contributed by atoms with E-state index in [2.05, 4.69) is 31.1 Å². The van der Waals surface area contributed by atoms with Gasteiger partial charge in [-0.3, -0.25) is 4.79 Å². The first-order valence-corrected chi connectivity index (χ1v) is 7.24. The largest absolute Gasteiger partial charge is 0.350 e. The first kappa shape index (κ1) is 15.3. The van der Waals surface area contributed by atoms with Gasteiger partial charge in [0.05, 0.1) is 0 Å². The molecule has 0 spiro atoms. The van der Waals surface area contributed by atoms with E-state index in [4.69, 9.17) is 0 Å². The molecule has 1 aromatic carbocycles. The van der Waals surface area contributed by atoms with Gasteiger partial charge < -0.3 is 9.88 Å². The summed E-state index contributed by atoms with van der Waals surface area (Å²) in [5, 5.41) is 2.94. The lowest BCUT2D eigenvalue weighted by atomic mass is 9.87. The third-order valence-corrected chi connectivity index (χ3v) is 3.58. The third-order valence-electron chi connectivity index (χ3n) is 3.58. The van der Waals surface area contributed by atoms with Crippen LogP contribution in [0.15, 0.2) is 36.7 Å². The van der Waals surface area contributed by atoms with Crippen LogP contribution >= 0.6 is 0 Å². The molecule has 0 radical (unpaired) electrons. The average molecular weight is 285 g/mol. The van der Waals surface area contributed by atoms with Crippen LogP contribution in [0.1, 0.15) is 42.5 Å². The van der Waals surface area contributed by atoms with Crippen molar-refractivity contribution in [1.29, 1.82) is 0 Å². The molecule has 0 aliphatic carbocycles. The van der Waals surface area contributed by atoms with Crippen molar-refractivity contribution in [2.24, 2.45) is 0 Å². The minimum Gasteiger partial charge on any atom is -0.350 e. The molecule has 0 saturated carbocycles. The van der Waals surface area contributed by atoms with Crippen LogP contribution in [0.2, 0.25) is 0 Å². The fourth-order valence-corrected chi connectivity index (χ4v) is 2.15. The Labute approximate surface area is 126 Å². The number of carbonyl (C=O) groups is 1. The Balaban J connectivity index is 1.90. The van der Waals surface area contributed by atoms with Gasteiger partial charge in [0.1, 0.15) is 5.82 Å². The highest BCUT2D eigenvalue weighted by Crippen LogP contribution is 2.22. The molecule has 0 fully saturated rings. The second kappa shape index (κ2) is 6.12. The van der Waals surface area contributed by atoms with Crippen LogP contribution in [0.5, 0.6) is 0 Å². The number of aromatic nitrogens is 2. The number of carbonyl (C=O) groups excluding carboxylic acids is 1. The van der Waals surface area contributed by atoms with E-state index in [9.17, 15) is 4.79 Å². The first-order valence-electron chi connectivity index (χ1n) is 7.24. The zero-order valence-corrected chi connectivity index (χ0v) is 13.2. The van der Waals surface area contributed by atoms with Gasteiger partial charge in [0.25, 0.3) is 5.91 Å². The quantitative estimate of drug-likeness (QED) is 0.939. The molecular formula is C17H23N3O. The van der Waals surface area contributed by atoms with Crippen LogP contribution in [0.25, 0.3) is 0 Å². The number of imidazole rings is 1. The summed E-state index contributed by atoms with van der Waals surface area (Å²) in [5.74, 6) is 0.923. The molecular weight excluding hydrogens is 262 g/mol. The number of rotatable bonds is 4. The Morgan fingerprint density at radius 2 is 1.90 bits per heavy atom. The molecule has 21 heavy (non-hydrogen) atoms. The summed E-state index contributed by atoms with van der Waals surface area (Å²) in [5.41, 5.74) is 2.03. The van der Waals surface area contributed by atoms with E-state index < -0.39 is 0 Å². The van der Waals surface area contributed by atoms with E-state index in [-0.39, 0.29) is 11.3 Å². The zero-order valence-electron chi connectivity index (χ0n) is 13.2. The Morgan fingerprint density at radius 3 is 2.43 bits per heavy atom. The molecule has 1 amide bonds. The maximum Gasteiger partial charge on any atom is 0.251 e. The molecule has 0 aliphatic heterocycles. The number of benzene rings is 1. The van der Waals surface area contributed by atoms with Gasteiger partial charge in [-0.05, 0) is 30.0 Å². The summed E-state index contributed by atoms with van der Waals surface area (Å²) < 4.78 is 2.02.